The van der Waals surface area contributed by atoms with E-state index in [0.717, 1.165) is 42.4 Å². The van der Waals surface area contributed by atoms with Gasteiger partial charge in [0.15, 0.2) is 23.9 Å². The molecule has 0 bridgehead atoms. The van der Waals surface area contributed by atoms with E-state index in [0.29, 0.717) is 13.1 Å². The highest BCUT2D eigenvalue weighted by Crippen LogP contribution is 2.32. The molecular weight excluding hydrogens is 374 g/mol. The summed E-state index contributed by atoms with van der Waals surface area (Å²) in [7, 11) is 1.84. The van der Waals surface area contributed by atoms with Gasteiger partial charge in [-0.1, -0.05) is 6.07 Å². The van der Waals surface area contributed by atoms with Crippen LogP contribution < -0.4 is 19.6 Å². The minimum atomic E-state index is -0.207. The standard InChI is InChI=1S/C21H25N3O5/c1-15-9-17(25)20(12-22(15)2)27-13-21(26)24-7-5-23(6-8-24)11-16-3-4-18-19(10-16)29-14-28-18/h3-4,9-10,12H,5-8,11,13-14H2,1-2H3. The summed E-state index contributed by atoms with van der Waals surface area (Å²) in [5, 5.41) is 0. The highest BCUT2D eigenvalue weighted by Gasteiger charge is 2.22. The third-order valence-corrected chi connectivity index (χ3v) is 5.37. The molecule has 1 fully saturated rings. The molecule has 8 nitrogen and oxygen atoms in total. The lowest BCUT2D eigenvalue weighted by atomic mass is 10.1. The summed E-state index contributed by atoms with van der Waals surface area (Å²) >= 11 is 0. The average molecular weight is 399 g/mol. The summed E-state index contributed by atoms with van der Waals surface area (Å²) in [5.74, 6) is 1.67. The minimum Gasteiger partial charge on any atom is -0.478 e. The van der Waals surface area contributed by atoms with Crippen molar-refractivity contribution in [3.8, 4) is 17.2 Å². The van der Waals surface area contributed by atoms with E-state index in [1.165, 1.54) is 6.07 Å². The van der Waals surface area contributed by atoms with Crippen LogP contribution in [0.4, 0.5) is 0 Å². The SMILES string of the molecule is Cc1cc(=O)c(OCC(=O)N2CCN(Cc3ccc4c(c3)OCO4)CC2)cn1C. The third-order valence-electron chi connectivity index (χ3n) is 5.37. The topological polar surface area (TPSA) is 73.2 Å². The van der Waals surface area contributed by atoms with E-state index in [1.54, 1.807) is 15.7 Å². The molecule has 0 atom stereocenters. The third kappa shape index (κ3) is 4.37. The molecule has 0 aliphatic carbocycles. The Morgan fingerprint density at radius 3 is 2.66 bits per heavy atom. The molecule has 8 heteroatoms. The zero-order chi connectivity index (χ0) is 20.4. The van der Waals surface area contributed by atoms with Crippen molar-refractivity contribution in [1.82, 2.24) is 14.4 Å². The number of ether oxygens (including phenoxy) is 3. The second-order valence-corrected chi connectivity index (χ2v) is 7.39. The Hall–Kier alpha value is -3.00. The van der Waals surface area contributed by atoms with Gasteiger partial charge in [0.1, 0.15) is 0 Å². The molecule has 0 spiro atoms. The molecule has 29 heavy (non-hydrogen) atoms. The van der Waals surface area contributed by atoms with Crippen molar-refractivity contribution in [2.45, 2.75) is 13.5 Å². The maximum Gasteiger partial charge on any atom is 0.260 e. The maximum absolute atomic E-state index is 12.5. The number of aryl methyl sites for hydroxylation is 2. The molecule has 2 aliphatic rings. The zero-order valence-electron chi connectivity index (χ0n) is 16.7. The van der Waals surface area contributed by atoms with E-state index in [4.69, 9.17) is 14.2 Å². The predicted octanol–water partition coefficient (Wildman–Crippen LogP) is 1.15. The molecule has 4 rings (SSSR count). The summed E-state index contributed by atoms with van der Waals surface area (Å²) in [5.41, 5.74) is 1.79. The number of nitrogens with zero attached hydrogens (tertiary/aromatic N) is 3. The van der Waals surface area contributed by atoms with Gasteiger partial charge in [-0.05, 0) is 24.6 Å². The van der Waals surface area contributed by atoms with Crippen molar-refractivity contribution in [2.24, 2.45) is 7.05 Å². The molecule has 0 unspecified atom stereocenters. The number of carbonyl (C=O) groups is 1. The van der Waals surface area contributed by atoms with Gasteiger partial charge in [-0.25, -0.2) is 0 Å². The van der Waals surface area contributed by atoms with E-state index in [1.807, 2.05) is 32.2 Å². The fourth-order valence-electron chi connectivity index (χ4n) is 3.50. The summed E-state index contributed by atoms with van der Waals surface area (Å²) < 4.78 is 18.1. The number of carbonyl (C=O) groups excluding carboxylic acids is 1. The van der Waals surface area contributed by atoms with Crippen molar-refractivity contribution in [3.05, 3.63) is 51.9 Å². The van der Waals surface area contributed by atoms with Crippen LogP contribution in [0.5, 0.6) is 17.2 Å². The van der Waals surface area contributed by atoms with Crippen LogP contribution in [0.25, 0.3) is 0 Å². The first-order valence-electron chi connectivity index (χ1n) is 9.68. The fraction of sp³-hybridized carbons (Fsp3) is 0.429. The van der Waals surface area contributed by atoms with Crippen molar-refractivity contribution in [1.29, 1.82) is 0 Å². The van der Waals surface area contributed by atoms with Gasteiger partial charge in [0.2, 0.25) is 12.2 Å². The molecule has 0 radical (unpaired) electrons. The summed E-state index contributed by atoms with van der Waals surface area (Å²) in [6, 6.07) is 7.50. The normalized spacial score (nSPS) is 16.1. The predicted molar refractivity (Wildman–Crippen MR) is 106 cm³/mol. The number of rotatable bonds is 5. The van der Waals surface area contributed by atoms with Crippen LogP contribution in [0, 0.1) is 6.92 Å². The largest absolute Gasteiger partial charge is 0.478 e. The molecule has 1 aromatic carbocycles. The number of piperazine rings is 1. The van der Waals surface area contributed by atoms with Crippen LogP contribution >= 0.6 is 0 Å². The molecule has 0 saturated carbocycles. The molecular formula is C21H25N3O5. The number of pyridine rings is 1. The average Bonchev–Trinajstić information content (AvgIpc) is 3.18. The van der Waals surface area contributed by atoms with Crippen LogP contribution in [-0.4, -0.2) is 59.9 Å². The van der Waals surface area contributed by atoms with Gasteiger partial charge >= 0.3 is 0 Å². The van der Waals surface area contributed by atoms with Crippen molar-refractivity contribution >= 4 is 5.91 Å². The molecule has 1 amide bonds. The Labute approximate surface area is 169 Å². The number of aromatic nitrogens is 1. The van der Waals surface area contributed by atoms with E-state index < -0.39 is 0 Å². The number of benzene rings is 1. The van der Waals surface area contributed by atoms with E-state index in [2.05, 4.69) is 4.90 Å². The Bertz CT molecular complexity index is 963. The molecule has 0 N–H and O–H groups in total. The van der Waals surface area contributed by atoms with Gasteiger partial charge in [-0.3, -0.25) is 14.5 Å². The lowest BCUT2D eigenvalue weighted by Gasteiger charge is -2.34. The summed E-state index contributed by atoms with van der Waals surface area (Å²) in [4.78, 5) is 28.5. The monoisotopic (exact) mass is 399 g/mol. The van der Waals surface area contributed by atoms with Crippen LogP contribution in [0.15, 0.2) is 35.3 Å². The quantitative estimate of drug-likeness (QED) is 0.751. The number of fused-ring (bicyclic) bond motifs is 1. The summed E-state index contributed by atoms with van der Waals surface area (Å²) in [6.45, 7) is 5.64. The number of hydrogen-bond acceptors (Lipinski definition) is 6. The Morgan fingerprint density at radius 1 is 1.10 bits per heavy atom. The van der Waals surface area contributed by atoms with Gasteiger partial charge in [-0.2, -0.15) is 0 Å². The van der Waals surface area contributed by atoms with Crippen LogP contribution in [0.2, 0.25) is 0 Å². The first kappa shape index (κ1) is 19.3. The smallest absolute Gasteiger partial charge is 0.260 e. The molecule has 3 heterocycles. The first-order valence-corrected chi connectivity index (χ1v) is 9.68. The Kier molecular flexibility index (Phi) is 5.44. The lowest BCUT2D eigenvalue weighted by Crippen LogP contribution is -2.49. The van der Waals surface area contributed by atoms with E-state index in [-0.39, 0.29) is 30.5 Å². The molecule has 2 aromatic rings. The highest BCUT2D eigenvalue weighted by atomic mass is 16.7. The van der Waals surface area contributed by atoms with Crippen LogP contribution in [0.3, 0.4) is 0 Å². The van der Waals surface area contributed by atoms with Gasteiger partial charge in [-0.15, -0.1) is 0 Å². The van der Waals surface area contributed by atoms with Crippen molar-refractivity contribution in [3.63, 3.8) is 0 Å². The molecule has 1 aromatic heterocycles. The Balaban J connectivity index is 1.26. The van der Waals surface area contributed by atoms with Crippen molar-refractivity contribution in [2.75, 3.05) is 39.6 Å². The fourth-order valence-corrected chi connectivity index (χ4v) is 3.50. The maximum atomic E-state index is 12.5. The second-order valence-electron chi connectivity index (χ2n) is 7.39. The number of amides is 1. The van der Waals surface area contributed by atoms with Crippen molar-refractivity contribution < 1.29 is 19.0 Å². The van der Waals surface area contributed by atoms with Gasteiger partial charge < -0.3 is 23.7 Å². The molecule has 2 aliphatic heterocycles. The second kappa shape index (κ2) is 8.16. The highest BCUT2D eigenvalue weighted by molar-refractivity contribution is 5.77. The Morgan fingerprint density at radius 2 is 1.86 bits per heavy atom. The lowest BCUT2D eigenvalue weighted by molar-refractivity contribution is -0.135. The minimum absolute atomic E-state index is 0.102. The van der Waals surface area contributed by atoms with E-state index in [9.17, 15) is 9.59 Å². The van der Waals surface area contributed by atoms with Gasteiger partial charge in [0.05, 0.1) is 0 Å². The molecule has 1 saturated heterocycles. The molecule has 154 valence electrons. The van der Waals surface area contributed by atoms with Crippen LogP contribution in [-0.2, 0) is 18.4 Å². The summed E-state index contributed by atoms with van der Waals surface area (Å²) in [6.07, 6.45) is 1.62. The first-order chi connectivity index (χ1) is 14.0. The van der Waals surface area contributed by atoms with E-state index >= 15 is 0 Å². The van der Waals surface area contributed by atoms with Gasteiger partial charge in [0.25, 0.3) is 5.91 Å². The van der Waals surface area contributed by atoms with Crippen LogP contribution in [0.1, 0.15) is 11.3 Å². The number of hydrogen-bond donors (Lipinski definition) is 0. The van der Waals surface area contributed by atoms with Gasteiger partial charge in [0, 0.05) is 57.7 Å². The zero-order valence-corrected chi connectivity index (χ0v) is 16.7.